The molecule has 0 heterocycles. The van der Waals surface area contributed by atoms with Crippen LogP contribution in [0, 0.1) is 11.3 Å². The second-order valence-electron chi connectivity index (χ2n) is 9.97. The quantitative estimate of drug-likeness (QED) is 0.154. The fourth-order valence-electron chi connectivity index (χ4n) is 5.67. The van der Waals surface area contributed by atoms with E-state index in [9.17, 15) is 0 Å². The van der Waals surface area contributed by atoms with Crippen LogP contribution in [0.2, 0.25) is 0 Å². The van der Waals surface area contributed by atoms with Crippen LogP contribution in [-0.2, 0) is 0 Å². The molecule has 31 heavy (non-hydrogen) atoms. The number of hydrogen-bond acceptors (Lipinski definition) is 2. The molecule has 0 aromatic heterocycles. The summed E-state index contributed by atoms with van der Waals surface area (Å²) in [6, 6.07) is 0. The Morgan fingerprint density at radius 3 is 0.968 bits per heavy atom. The SMILES string of the molecule is CCCCCCCCCCCCCCCCCCCC(CC)C(CC)(CC)CC.N.N. The monoisotopic (exact) mass is 443 g/mol. The van der Waals surface area contributed by atoms with E-state index in [1.807, 2.05) is 0 Å². The molecular weight excluding hydrogens is 376 g/mol. The van der Waals surface area contributed by atoms with Gasteiger partial charge >= 0.3 is 0 Å². The lowest BCUT2D eigenvalue weighted by Gasteiger charge is -2.39. The first-order valence-corrected chi connectivity index (χ1v) is 14.2. The molecule has 6 N–H and O–H groups in total. The highest BCUT2D eigenvalue weighted by Gasteiger charge is 2.31. The van der Waals surface area contributed by atoms with Crippen molar-refractivity contribution >= 4 is 0 Å². The Bertz CT molecular complexity index is 304. The zero-order chi connectivity index (χ0) is 21.6. The number of rotatable bonds is 23. The zero-order valence-electron chi connectivity index (χ0n) is 23.0. The summed E-state index contributed by atoms with van der Waals surface area (Å²) < 4.78 is 0. The third-order valence-electron chi connectivity index (χ3n) is 8.13. The summed E-state index contributed by atoms with van der Waals surface area (Å²) >= 11 is 0. The van der Waals surface area contributed by atoms with E-state index in [4.69, 9.17) is 0 Å². The highest BCUT2D eigenvalue weighted by Crippen LogP contribution is 2.43. The molecule has 0 aliphatic rings. The molecule has 0 aromatic carbocycles. The van der Waals surface area contributed by atoms with E-state index in [2.05, 4.69) is 34.6 Å². The Hall–Kier alpha value is -0.0800. The maximum Gasteiger partial charge on any atom is -0.0277 e. The normalized spacial score (nSPS) is 12.3. The van der Waals surface area contributed by atoms with Gasteiger partial charge in [-0.05, 0) is 17.8 Å². The first-order chi connectivity index (χ1) is 14.2. The molecule has 0 aliphatic carbocycles. The summed E-state index contributed by atoms with van der Waals surface area (Å²) in [4.78, 5) is 0. The van der Waals surface area contributed by atoms with Crippen molar-refractivity contribution in [2.75, 3.05) is 0 Å². The molecule has 0 spiro atoms. The van der Waals surface area contributed by atoms with Crippen LogP contribution in [0.3, 0.4) is 0 Å². The van der Waals surface area contributed by atoms with Gasteiger partial charge in [-0.3, -0.25) is 0 Å². The summed E-state index contributed by atoms with van der Waals surface area (Å²) in [5, 5.41) is 0. The molecule has 0 aliphatic heterocycles. The number of unbranched alkanes of at least 4 members (excludes halogenated alkanes) is 16. The first kappa shape index (κ1) is 35.5. The van der Waals surface area contributed by atoms with Crippen molar-refractivity contribution in [3.63, 3.8) is 0 Å². The van der Waals surface area contributed by atoms with E-state index in [0.29, 0.717) is 5.41 Å². The predicted octanol–water partition coefficient (Wildman–Crippen LogP) is 11.6. The molecule has 0 amide bonds. The Kier molecular flexibility index (Phi) is 30.0. The van der Waals surface area contributed by atoms with Crippen molar-refractivity contribution < 1.29 is 0 Å². The van der Waals surface area contributed by atoms with Gasteiger partial charge in [-0.2, -0.15) is 0 Å². The molecule has 0 aromatic rings. The van der Waals surface area contributed by atoms with Crippen molar-refractivity contribution in [3.8, 4) is 0 Å². The van der Waals surface area contributed by atoms with E-state index in [0.717, 1.165) is 5.92 Å². The van der Waals surface area contributed by atoms with Gasteiger partial charge in [0.25, 0.3) is 0 Å². The van der Waals surface area contributed by atoms with Crippen LogP contribution in [0.25, 0.3) is 0 Å². The molecule has 0 saturated carbocycles. The highest BCUT2D eigenvalue weighted by atomic mass is 14.4. The van der Waals surface area contributed by atoms with Gasteiger partial charge in [0, 0.05) is 0 Å². The summed E-state index contributed by atoms with van der Waals surface area (Å²) in [5.41, 5.74) is 0.629. The summed E-state index contributed by atoms with van der Waals surface area (Å²) in [7, 11) is 0. The van der Waals surface area contributed by atoms with Crippen LogP contribution >= 0.6 is 0 Å². The van der Waals surface area contributed by atoms with Gasteiger partial charge in [0.2, 0.25) is 0 Å². The standard InChI is InChI=1S/C29H60.2H3N/c1-6-11-12-13-14-15-16-17-18-19-20-21-22-23-24-25-26-27-28(7-2)29(8-3,9-4)10-5;;/h28H,6-27H2,1-5H3;2*1H3. The van der Waals surface area contributed by atoms with Crippen molar-refractivity contribution in [3.05, 3.63) is 0 Å². The summed E-state index contributed by atoms with van der Waals surface area (Å²) in [5.74, 6) is 0.957. The van der Waals surface area contributed by atoms with Gasteiger partial charge in [0.05, 0.1) is 0 Å². The van der Waals surface area contributed by atoms with Gasteiger partial charge in [-0.15, -0.1) is 0 Å². The minimum Gasteiger partial charge on any atom is -0.344 e. The van der Waals surface area contributed by atoms with Gasteiger partial charge in [-0.25, -0.2) is 0 Å². The van der Waals surface area contributed by atoms with Crippen LogP contribution in [0.15, 0.2) is 0 Å². The number of hydrogen-bond donors (Lipinski definition) is 2. The van der Waals surface area contributed by atoms with Gasteiger partial charge in [0.1, 0.15) is 0 Å². The minimum atomic E-state index is 0. The van der Waals surface area contributed by atoms with Crippen LogP contribution < -0.4 is 12.3 Å². The van der Waals surface area contributed by atoms with E-state index < -0.39 is 0 Å². The lowest BCUT2D eigenvalue weighted by Crippen LogP contribution is -2.28. The Morgan fingerprint density at radius 1 is 0.419 bits per heavy atom. The molecule has 0 radical (unpaired) electrons. The van der Waals surface area contributed by atoms with Crippen molar-refractivity contribution in [2.45, 2.75) is 176 Å². The second kappa shape index (κ2) is 26.2. The molecule has 192 valence electrons. The minimum absolute atomic E-state index is 0. The predicted molar refractivity (Wildman–Crippen MR) is 146 cm³/mol. The molecule has 1 atom stereocenters. The molecular formula is C29H66N2. The average molecular weight is 443 g/mol. The third-order valence-corrected chi connectivity index (χ3v) is 8.13. The average Bonchev–Trinajstić information content (AvgIpc) is 2.75. The van der Waals surface area contributed by atoms with E-state index in [-0.39, 0.29) is 12.3 Å². The van der Waals surface area contributed by atoms with Crippen LogP contribution in [-0.4, -0.2) is 0 Å². The molecule has 0 saturated heterocycles. The maximum atomic E-state index is 2.42. The van der Waals surface area contributed by atoms with Gasteiger partial charge in [0.15, 0.2) is 0 Å². The molecule has 1 unspecified atom stereocenters. The smallest absolute Gasteiger partial charge is 0.0277 e. The lowest BCUT2D eigenvalue weighted by molar-refractivity contribution is 0.118. The Morgan fingerprint density at radius 2 is 0.710 bits per heavy atom. The lowest BCUT2D eigenvalue weighted by atomic mass is 9.66. The second-order valence-corrected chi connectivity index (χ2v) is 9.97. The topological polar surface area (TPSA) is 70.0 Å². The fraction of sp³-hybridized carbons (Fsp3) is 1.00. The molecule has 2 heteroatoms. The zero-order valence-corrected chi connectivity index (χ0v) is 23.0. The van der Waals surface area contributed by atoms with Gasteiger partial charge in [-0.1, -0.05) is 169 Å². The summed E-state index contributed by atoms with van der Waals surface area (Å²) in [6.45, 7) is 12.0. The maximum absolute atomic E-state index is 2.42. The van der Waals surface area contributed by atoms with Crippen LogP contribution in [0.4, 0.5) is 0 Å². The fourth-order valence-corrected chi connectivity index (χ4v) is 5.67. The highest BCUT2D eigenvalue weighted by molar-refractivity contribution is 4.82. The Labute approximate surface area is 199 Å². The largest absolute Gasteiger partial charge is 0.344 e. The molecule has 0 rings (SSSR count). The Balaban J connectivity index is -0.00000392. The molecule has 0 bridgehead atoms. The van der Waals surface area contributed by atoms with Gasteiger partial charge < -0.3 is 12.3 Å². The third kappa shape index (κ3) is 18.1. The summed E-state index contributed by atoms with van der Waals surface area (Å²) in [6.07, 6.45) is 32.0. The molecule has 2 nitrogen and oxygen atoms in total. The first-order valence-electron chi connectivity index (χ1n) is 14.2. The van der Waals surface area contributed by atoms with Crippen molar-refractivity contribution in [1.82, 2.24) is 12.3 Å². The molecule has 0 fully saturated rings. The van der Waals surface area contributed by atoms with E-state index in [1.165, 1.54) is 141 Å². The van der Waals surface area contributed by atoms with Crippen molar-refractivity contribution in [1.29, 1.82) is 0 Å². The van der Waals surface area contributed by atoms with E-state index >= 15 is 0 Å². The van der Waals surface area contributed by atoms with Crippen molar-refractivity contribution in [2.24, 2.45) is 11.3 Å². The van der Waals surface area contributed by atoms with Crippen LogP contribution in [0.5, 0.6) is 0 Å². The van der Waals surface area contributed by atoms with E-state index in [1.54, 1.807) is 0 Å². The van der Waals surface area contributed by atoms with Crippen LogP contribution in [0.1, 0.15) is 176 Å².